The van der Waals surface area contributed by atoms with Crippen LogP contribution in [0.3, 0.4) is 0 Å². The fourth-order valence-electron chi connectivity index (χ4n) is 3.92. The van der Waals surface area contributed by atoms with E-state index in [1.54, 1.807) is 0 Å². The summed E-state index contributed by atoms with van der Waals surface area (Å²) in [6, 6.07) is 31.4. The molecule has 38 heavy (non-hydrogen) atoms. The average molecular weight is 688 g/mol. The van der Waals surface area contributed by atoms with Gasteiger partial charge in [0.1, 0.15) is 0 Å². The van der Waals surface area contributed by atoms with E-state index in [1.165, 1.54) is 0 Å². The molecule has 0 saturated heterocycles. The Labute approximate surface area is 241 Å². The predicted molar refractivity (Wildman–Crippen MR) is 153 cm³/mol. The first-order valence-electron chi connectivity index (χ1n) is 13.0. The van der Waals surface area contributed by atoms with Crippen LogP contribution in [0.1, 0.15) is 47.5 Å². The van der Waals surface area contributed by atoms with Gasteiger partial charge in [0.15, 0.2) is 0 Å². The van der Waals surface area contributed by atoms with Crippen molar-refractivity contribution in [2.45, 2.75) is 59.7 Å². The third-order valence-electron chi connectivity index (χ3n) is 6.09. The minimum absolute atomic E-state index is 0. The summed E-state index contributed by atoms with van der Waals surface area (Å²) in [7, 11) is 0. The van der Waals surface area contributed by atoms with E-state index in [0.717, 1.165) is 40.2 Å². The number of hydrogen-bond acceptors (Lipinski definition) is 4. The maximum absolute atomic E-state index is 9.71. The van der Waals surface area contributed by atoms with E-state index in [-0.39, 0.29) is 31.6 Å². The van der Waals surface area contributed by atoms with E-state index in [9.17, 15) is 10.2 Å². The van der Waals surface area contributed by atoms with Gasteiger partial charge in [0.25, 0.3) is 0 Å². The van der Waals surface area contributed by atoms with Gasteiger partial charge in [-0.15, -0.1) is 35.9 Å². The quantitative estimate of drug-likeness (QED) is 0.198. The molecule has 3 aromatic carbocycles. The molecule has 0 aliphatic rings. The van der Waals surface area contributed by atoms with Crippen molar-refractivity contribution < 1.29 is 30.3 Å². The Morgan fingerprint density at radius 3 is 1.87 bits per heavy atom. The first kappa shape index (κ1) is 31.5. The number of hydrogen-bond donors (Lipinski definition) is 2. The maximum atomic E-state index is 9.71. The summed E-state index contributed by atoms with van der Waals surface area (Å²) in [6.45, 7) is 10.1. The Balaban J connectivity index is 0.000000313. The minimum Gasteiger partial charge on any atom is -0.393 e. The van der Waals surface area contributed by atoms with Gasteiger partial charge in [-0.05, 0) is 29.7 Å². The van der Waals surface area contributed by atoms with Crippen LogP contribution in [0, 0.1) is 17.4 Å². The molecule has 203 valence electrons. The van der Waals surface area contributed by atoms with Crippen LogP contribution in [0.15, 0.2) is 91.1 Å². The second-order valence-corrected chi connectivity index (χ2v) is 10.9. The molecule has 1 radical (unpaired) electrons. The molecule has 2 unspecified atom stereocenters. The van der Waals surface area contributed by atoms with E-state index in [0.29, 0.717) is 12.3 Å². The largest absolute Gasteiger partial charge is 0.393 e. The Bertz CT molecular complexity index is 1210. The van der Waals surface area contributed by atoms with Crippen LogP contribution in [0.2, 0.25) is 0 Å². The first-order valence-corrected chi connectivity index (χ1v) is 13.0. The monoisotopic (exact) mass is 688 g/mol. The Kier molecular flexibility index (Phi) is 12.5. The molecule has 0 saturated carbocycles. The molecule has 2 N–H and O–H groups in total. The summed E-state index contributed by atoms with van der Waals surface area (Å²) in [5.74, 6) is 0.488. The van der Waals surface area contributed by atoms with Crippen molar-refractivity contribution in [3.05, 3.63) is 97.2 Å². The molecule has 0 spiro atoms. The molecule has 0 aliphatic carbocycles. The number of nitrogens with zero attached hydrogens (tertiary/aromatic N) is 2. The van der Waals surface area contributed by atoms with Crippen LogP contribution in [0.4, 0.5) is 0 Å². The standard InChI is InChI=1S/C22H15N2.C11H24O2.Ir/c1-4-10-17(11-5-1)20-16-23-21(18-12-6-2-7-13-18)22(24-20)19-14-8-3-9-15-19;1-8(2)6-9(12)7-10(13)11(3,4)5;/h1-12,14-16H;8-10,12-13H,6-7H2,1-5H3;/q-1;;. The summed E-state index contributed by atoms with van der Waals surface area (Å²) >= 11 is 0. The average Bonchev–Trinajstić information content (AvgIpc) is 2.89. The zero-order valence-electron chi connectivity index (χ0n) is 22.9. The first-order chi connectivity index (χ1) is 17.6. The summed E-state index contributed by atoms with van der Waals surface area (Å²) in [5, 5.41) is 19.3. The Hall–Kier alpha value is -2.69. The number of benzene rings is 3. The molecular formula is C33H39IrN2O2-. The minimum atomic E-state index is -0.416. The van der Waals surface area contributed by atoms with Crippen molar-refractivity contribution in [1.82, 2.24) is 9.97 Å². The number of aliphatic hydroxyl groups is 2. The van der Waals surface area contributed by atoms with Gasteiger partial charge >= 0.3 is 0 Å². The van der Waals surface area contributed by atoms with Gasteiger partial charge < -0.3 is 15.2 Å². The fourth-order valence-corrected chi connectivity index (χ4v) is 3.92. The van der Waals surface area contributed by atoms with Gasteiger partial charge in [0.05, 0.1) is 23.6 Å². The molecule has 1 aromatic heterocycles. The number of rotatable bonds is 7. The Morgan fingerprint density at radius 1 is 0.763 bits per heavy atom. The zero-order chi connectivity index (χ0) is 26.8. The number of aliphatic hydroxyl groups excluding tert-OH is 2. The molecule has 0 amide bonds. The topological polar surface area (TPSA) is 66.2 Å². The molecule has 4 rings (SSSR count). The smallest absolute Gasteiger partial charge is 0.0873 e. The van der Waals surface area contributed by atoms with Gasteiger partial charge in [-0.3, -0.25) is 4.98 Å². The SMILES string of the molecule is CC(C)CC(O)CC(O)C(C)(C)C.[Ir].[c-]1ccccc1-c1ncc(-c2ccccc2)nc1-c1ccccc1. The van der Waals surface area contributed by atoms with Gasteiger partial charge in [-0.25, -0.2) is 0 Å². The van der Waals surface area contributed by atoms with Crippen molar-refractivity contribution in [2.24, 2.45) is 11.3 Å². The van der Waals surface area contributed by atoms with Crippen molar-refractivity contribution in [3.63, 3.8) is 0 Å². The summed E-state index contributed by atoms with van der Waals surface area (Å²) in [5.41, 5.74) is 5.53. The number of aromatic nitrogens is 2. The van der Waals surface area contributed by atoms with Gasteiger partial charge in [0, 0.05) is 37.6 Å². The fraction of sp³-hybridized carbons (Fsp3) is 0.333. The van der Waals surface area contributed by atoms with Gasteiger partial charge in [-0.1, -0.05) is 95.3 Å². The molecule has 1 heterocycles. The molecule has 4 nitrogen and oxygen atoms in total. The third kappa shape index (κ3) is 9.56. The van der Waals surface area contributed by atoms with E-state index >= 15 is 0 Å². The van der Waals surface area contributed by atoms with Crippen LogP contribution in [-0.2, 0) is 20.1 Å². The van der Waals surface area contributed by atoms with Crippen molar-refractivity contribution in [2.75, 3.05) is 0 Å². The van der Waals surface area contributed by atoms with E-state index in [1.807, 2.05) is 99.8 Å². The molecule has 5 heteroatoms. The second-order valence-electron chi connectivity index (χ2n) is 10.9. The van der Waals surface area contributed by atoms with Crippen molar-refractivity contribution >= 4 is 0 Å². The third-order valence-corrected chi connectivity index (χ3v) is 6.09. The molecule has 0 bridgehead atoms. The molecule has 0 aliphatic heterocycles. The maximum Gasteiger partial charge on any atom is 0.0873 e. The van der Waals surface area contributed by atoms with Gasteiger partial charge in [0.2, 0.25) is 0 Å². The van der Waals surface area contributed by atoms with Crippen LogP contribution in [-0.4, -0.2) is 32.4 Å². The predicted octanol–water partition coefficient (Wildman–Crippen LogP) is 7.47. The van der Waals surface area contributed by atoms with Crippen LogP contribution >= 0.6 is 0 Å². The molecule has 0 fully saturated rings. The summed E-state index contributed by atoms with van der Waals surface area (Å²) in [4.78, 5) is 9.61. The second kappa shape index (κ2) is 15.0. The normalized spacial score (nSPS) is 12.6. The Morgan fingerprint density at radius 2 is 1.34 bits per heavy atom. The van der Waals surface area contributed by atoms with Crippen LogP contribution in [0.5, 0.6) is 0 Å². The van der Waals surface area contributed by atoms with Crippen LogP contribution < -0.4 is 0 Å². The van der Waals surface area contributed by atoms with E-state index < -0.39 is 6.10 Å². The summed E-state index contributed by atoms with van der Waals surface area (Å²) < 4.78 is 0. The van der Waals surface area contributed by atoms with Crippen molar-refractivity contribution in [1.29, 1.82) is 0 Å². The molecular weight excluding hydrogens is 649 g/mol. The molecule has 2 atom stereocenters. The van der Waals surface area contributed by atoms with Gasteiger partial charge in [-0.2, -0.15) is 0 Å². The van der Waals surface area contributed by atoms with Crippen molar-refractivity contribution in [3.8, 4) is 33.8 Å². The molecule has 4 aromatic rings. The summed E-state index contributed by atoms with van der Waals surface area (Å²) in [6.07, 6.45) is 2.31. The van der Waals surface area contributed by atoms with Crippen LogP contribution in [0.25, 0.3) is 33.8 Å². The zero-order valence-corrected chi connectivity index (χ0v) is 25.3. The van der Waals surface area contributed by atoms with E-state index in [4.69, 9.17) is 9.97 Å². The van der Waals surface area contributed by atoms with E-state index in [2.05, 4.69) is 32.0 Å².